The zero-order chi connectivity index (χ0) is 24.9. The van der Waals surface area contributed by atoms with E-state index in [4.69, 9.17) is 24.7 Å². The molecule has 2 unspecified atom stereocenters. The molecule has 33 heavy (non-hydrogen) atoms. The predicted molar refractivity (Wildman–Crippen MR) is 106 cm³/mol. The van der Waals surface area contributed by atoms with Crippen LogP contribution in [0.4, 0.5) is 4.79 Å². The number of nitrogens with one attached hydrogen (secondary N) is 1. The highest BCUT2D eigenvalue weighted by Crippen LogP contribution is 2.37. The van der Waals surface area contributed by atoms with Crippen molar-refractivity contribution in [1.82, 2.24) is 5.32 Å². The quantitative estimate of drug-likeness (QED) is 0.136. The summed E-state index contributed by atoms with van der Waals surface area (Å²) in [5.74, 6) is 0. The fourth-order valence-corrected chi connectivity index (χ4v) is 3.99. The zero-order valence-corrected chi connectivity index (χ0v) is 18.0. The topological polar surface area (TPSA) is 254 Å². The normalized spacial score (nSPS) is 41.3. The van der Waals surface area contributed by atoms with E-state index in [0.717, 1.165) is 0 Å². The molecule has 0 radical (unpaired) electrons. The Hall–Kier alpha value is -1.21. The first kappa shape index (κ1) is 28.0. The third kappa shape index (κ3) is 5.72. The van der Waals surface area contributed by atoms with Crippen LogP contribution in [0.2, 0.25) is 0 Å². The second-order valence-electron chi connectivity index (χ2n) is 7.96. The summed E-state index contributed by atoms with van der Waals surface area (Å²) in [6, 6.07) is 0. The van der Waals surface area contributed by atoms with Crippen molar-refractivity contribution in [2.24, 2.45) is 5.73 Å². The van der Waals surface area contributed by atoms with E-state index in [0.29, 0.717) is 0 Å². The lowest BCUT2D eigenvalue weighted by molar-refractivity contribution is -0.330. The molecular weight excluding hydrogens is 452 g/mol. The minimum absolute atomic E-state index is 0.0305. The Morgan fingerprint density at radius 2 is 1.48 bits per heavy atom. The average molecular weight is 486 g/mol. The van der Waals surface area contributed by atoms with Gasteiger partial charge in [-0.15, -0.1) is 0 Å². The molecule has 0 spiro atoms. The number of amides is 1. The maximum absolute atomic E-state index is 11.6. The first-order chi connectivity index (χ1) is 15.6. The molecule has 0 aliphatic carbocycles. The summed E-state index contributed by atoms with van der Waals surface area (Å²) < 4.78 is 21.3. The van der Waals surface area contributed by atoms with Gasteiger partial charge in [-0.25, -0.2) is 4.79 Å². The van der Waals surface area contributed by atoms with Crippen LogP contribution in [-0.4, -0.2) is 154 Å². The Morgan fingerprint density at radius 1 is 0.939 bits per heavy atom. The van der Waals surface area contributed by atoms with Crippen LogP contribution in [-0.2, 0) is 18.9 Å². The van der Waals surface area contributed by atoms with Crippen molar-refractivity contribution in [2.75, 3.05) is 40.0 Å². The zero-order valence-electron chi connectivity index (χ0n) is 18.0. The first-order valence-electron chi connectivity index (χ1n) is 10.4. The van der Waals surface area contributed by atoms with Crippen LogP contribution in [0.5, 0.6) is 0 Å². The maximum atomic E-state index is 11.6. The predicted octanol–water partition coefficient (Wildman–Crippen LogP) is -6.26. The van der Waals surface area contributed by atoms with Crippen molar-refractivity contribution in [3.8, 4) is 0 Å². The molecule has 15 heteroatoms. The van der Waals surface area contributed by atoms with Gasteiger partial charge in [0.15, 0.2) is 6.10 Å². The van der Waals surface area contributed by atoms with Gasteiger partial charge < -0.3 is 70.9 Å². The molecule has 2 aliphatic rings. The van der Waals surface area contributed by atoms with Gasteiger partial charge in [0.25, 0.3) is 0 Å². The molecule has 0 saturated carbocycles. The van der Waals surface area contributed by atoms with E-state index in [2.05, 4.69) is 5.32 Å². The van der Waals surface area contributed by atoms with Crippen LogP contribution in [0.25, 0.3) is 0 Å². The lowest BCUT2D eigenvalue weighted by Gasteiger charge is -2.53. The maximum Gasteiger partial charge on any atom is 0.407 e. The van der Waals surface area contributed by atoms with Crippen molar-refractivity contribution in [3.63, 3.8) is 0 Å². The molecule has 194 valence electrons. The Bertz CT molecular complexity index is 626. The van der Waals surface area contributed by atoms with Crippen LogP contribution >= 0.6 is 0 Å². The molecule has 11 N–H and O–H groups in total. The SMILES string of the molecule is CNC(=O)O[C@H]1[C@H](O)[C@H](O)[C@@H](C(O)(COCCN)C2O[C@@H](CO)[C@@H](O)[C@H](O)[C@@H]2O)O[C@@H]1CO. The van der Waals surface area contributed by atoms with Gasteiger partial charge in [0, 0.05) is 13.6 Å². The van der Waals surface area contributed by atoms with E-state index in [-0.39, 0.29) is 13.2 Å². The summed E-state index contributed by atoms with van der Waals surface area (Å²) >= 11 is 0. The Morgan fingerprint density at radius 3 is 2.00 bits per heavy atom. The summed E-state index contributed by atoms with van der Waals surface area (Å²) in [5, 5.41) is 85.0. The van der Waals surface area contributed by atoms with Crippen LogP contribution < -0.4 is 11.1 Å². The van der Waals surface area contributed by atoms with Gasteiger partial charge in [0.05, 0.1) is 26.4 Å². The van der Waals surface area contributed by atoms with Crippen LogP contribution in [0, 0.1) is 0 Å². The highest BCUT2D eigenvalue weighted by atomic mass is 16.6. The van der Waals surface area contributed by atoms with Crippen LogP contribution in [0.1, 0.15) is 0 Å². The smallest absolute Gasteiger partial charge is 0.407 e. The number of nitrogens with two attached hydrogens (primary N) is 1. The van der Waals surface area contributed by atoms with Gasteiger partial charge in [-0.05, 0) is 0 Å². The number of hydrogen-bond acceptors (Lipinski definition) is 14. The Balaban J connectivity index is 2.42. The van der Waals surface area contributed by atoms with Crippen molar-refractivity contribution < 1.29 is 64.6 Å². The summed E-state index contributed by atoms with van der Waals surface area (Å²) in [4.78, 5) is 11.6. The summed E-state index contributed by atoms with van der Waals surface area (Å²) in [6.45, 7) is -2.37. The number of aliphatic hydroxyl groups excluding tert-OH is 7. The second kappa shape index (κ2) is 12.0. The number of aliphatic hydroxyl groups is 8. The second-order valence-corrected chi connectivity index (χ2v) is 7.96. The van der Waals surface area contributed by atoms with Crippen LogP contribution in [0.3, 0.4) is 0 Å². The molecule has 15 nitrogen and oxygen atoms in total. The molecule has 11 atom stereocenters. The fraction of sp³-hybridized carbons (Fsp3) is 0.944. The molecule has 1 amide bonds. The average Bonchev–Trinajstić information content (AvgIpc) is 2.80. The summed E-state index contributed by atoms with van der Waals surface area (Å²) in [7, 11) is 1.25. The number of hydrogen-bond donors (Lipinski definition) is 10. The van der Waals surface area contributed by atoms with E-state index in [1.807, 2.05) is 0 Å². The van der Waals surface area contributed by atoms with Gasteiger partial charge >= 0.3 is 6.09 Å². The van der Waals surface area contributed by atoms with E-state index < -0.39 is 92.6 Å². The monoisotopic (exact) mass is 486 g/mol. The highest BCUT2D eigenvalue weighted by molar-refractivity contribution is 5.67. The van der Waals surface area contributed by atoms with Crippen LogP contribution in [0.15, 0.2) is 0 Å². The number of alkyl carbamates (subject to hydrolysis) is 1. The Kier molecular flexibility index (Phi) is 10.2. The molecule has 0 aromatic heterocycles. The molecule has 2 aliphatic heterocycles. The molecular formula is C18H34N2O13. The van der Waals surface area contributed by atoms with Crippen molar-refractivity contribution in [1.29, 1.82) is 0 Å². The molecule has 0 aromatic rings. The van der Waals surface area contributed by atoms with Crippen molar-refractivity contribution >= 4 is 6.09 Å². The van der Waals surface area contributed by atoms with E-state index in [1.165, 1.54) is 7.05 Å². The fourth-order valence-electron chi connectivity index (χ4n) is 3.99. The molecule has 2 rings (SSSR count). The number of carbonyl (C=O) groups is 1. The van der Waals surface area contributed by atoms with Gasteiger partial charge in [0.1, 0.15) is 60.5 Å². The third-order valence-electron chi connectivity index (χ3n) is 5.78. The largest absolute Gasteiger partial charge is 0.440 e. The summed E-state index contributed by atoms with van der Waals surface area (Å²) in [6.07, 6.45) is -18.4. The van der Waals surface area contributed by atoms with Gasteiger partial charge in [-0.3, -0.25) is 0 Å². The minimum Gasteiger partial charge on any atom is -0.440 e. The molecule has 2 heterocycles. The number of carbonyl (C=O) groups excluding carboxylic acids is 1. The van der Waals surface area contributed by atoms with Gasteiger partial charge in [-0.1, -0.05) is 0 Å². The number of ether oxygens (including phenoxy) is 4. The minimum atomic E-state index is -2.52. The van der Waals surface area contributed by atoms with E-state index in [1.54, 1.807) is 0 Å². The Labute approximate surface area is 189 Å². The molecule has 2 fully saturated rings. The lowest BCUT2D eigenvalue weighted by atomic mass is 9.77. The standard InChI is InChI=1S/C18H34N2O13/c1-20-17(28)33-14-8(5-22)32-16(13(27)11(14)25)18(29,6-30-3-2-19)15-12(26)10(24)9(23)7(4-21)31-15/h7-16,21-27,29H,2-6,19H2,1H3,(H,20,28)/t7-,8+,9+,10-,11+,12-,13-,14+,15?,16-,18?/m0/s1. The van der Waals surface area contributed by atoms with E-state index >= 15 is 0 Å². The summed E-state index contributed by atoms with van der Waals surface area (Å²) in [5.41, 5.74) is 2.88. The van der Waals surface area contributed by atoms with Crippen molar-refractivity contribution in [3.05, 3.63) is 0 Å². The molecule has 0 bridgehead atoms. The number of rotatable bonds is 9. The van der Waals surface area contributed by atoms with Crippen molar-refractivity contribution in [2.45, 2.75) is 66.6 Å². The van der Waals surface area contributed by atoms with Gasteiger partial charge in [0.2, 0.25) is 0 Å². The van der Waals surface area contributed by atoms with E-state index in [9.17, 15) is 45.6 Å². The highest BCUT2D eigenvalue weighted by Gasteiger charge is 2.61. The lowest BCUT2D eigenvalue weighted by Crippen LogP contribution is -2.74. The first-order valence-corrected chi connectivity index (χ1v) is 10.4. The molecule has 2 saturated heterocycles. The third-order valence-corrected chi connectivity index (χ3v) is 5.78. The van der Waals surface area contributed by atoms with Gasteiger partial charge in [-0.2, -0.15) is 0 Å². The molecule has 0 aromatic carbocycles.